The van der Waals surface area contributed by atoms with Gasteiger partial charge in [-0.1, -0.05) is 38.1 Å². The molecule has 3 aromatic carbocycles. The Bertz CT molecular complexity index is 1230. The lowest BCUT2D eigenvalue weighted by Crippen LogP contribution is -2.21. The minimum Gasteiger partial charge on any atom is -0.606 e. The van der Waals surface area contributed by atoms with Crippen molar-refractivity contribution >= 4 is 37.9 Å². The molecule has 0 saturated carbocycles. The largest absolute Gasteiger partial charge is 0.606 e. The Balaban J connectivity index is 1.95. The topological polar surface area (TPSA) is 86.3 Å². The zero-order valence-electron chi connectivity index (χ0n) is 15.6. The van der Waals surface area contributed by atoms with Crippen LogP contribution >= 0.6 is 0 Å². The molecule has 7 heteroatoms. The number of benzene rings is 3. The smallest absolute Gasteiger partial charge is 0.266 e. The number of fused-ring (bicyclic) bond motifs is 2. The Morgan fingerprint density at radius 2 is 1.71 bits per heavy atom. The van der Waals surface area contributed by atoms with Crippen LogP contribution in [0.25, 0.3) is 10.8 Å². The van der Waals surface area contributed by atoms with Gasteiger partial charge in [0, 0.05) is 22.6 Å². The molecule has 1 atom stereocenters. The number of aryl methyl sites for hydroxylation is 1. The quantitative estimate of drug-likeness (QED) is 0.661. The highest BCUT2D eigenvalue weighted by Crippen LogP contribution is 2.36. The molecule has 144 valence electrons. The number of sulfonamides is 1. The molecule has 5 nitrogen and oxygen atoms in total. The molecule has 28 heavy (non-hydrogen) atoms. The van der Waals surface area contributed by atoms with Crippen LogP contribution in [0.15, 0.2) is 63.2 Å². The van der Waals surface area contributed by atoms with Gasteiger partial charge in [-0.05, 0) is 47.6 Å². The number of hydrogen-bond acceptors (Lipinski definition) is 4. The van der Waals surface area contributed by atoms with Crippen molar-refractivity contribution in [2.24, 2.45) is 0 Å². The van der Waals surface area contributed by atoms with Crippen molar-refractivity contribution < 1.29 is 17.8 Å². The molecule has 0 aliphatic carbocycles. The molecule has 0 radical (unpaired) electrons. The first-order valence-corrected chi connectivity index (χ1v) is 11.5. The molecule has 1 amide bonds. The molecular weight excluding hydrogens is 394 g/mol. The predicted molar refractivity (Wildman–Crippen MR) is 109 cm³/mol. The minimum absolute atomic E-state index is 0.0940. The second kappa shape index (κ2) is 6.62. The van der Waals surface area contributed by atoms with Gasteiger partial charge in [0.25, 0.3) is 15.9 Å². The summed E-state index contributed by atoms with van der Waals surface area (Å²) in [5.74, 6) is -0.726. The van der Waals surface area contributed by atoms with Gasteiger partial charge in [0.15, 0.2) is 9.79 Å². The third kappa shape index (κ3) is 2.90. The first kappa shape index (κ1) is 19.0. The van der Waals surface area contributed by atoms with Crippen LogP contribution in [-0.4, -0.2) is 18.9 Å². The Morgan fingerprint density at radius 3 is 2.39 bits per heavy atom. The van der Waals surface area contributed by atoms with E-state index in [0.29, 0.717) is 15.4 Å². The van der Waals surface area contributed by atoms with Gasteiger partial charge in [0.2, 0.25) is 0 Å². The number of hydrogen-bond donors (Lipinski definition) is 1. The van der Waals surface area contributed by atoms with Crippen LogP contribution in [0.2, 0.25) is 0 Å². The van der Waals surface area contributed by atoms with Crippen molar-refractivity contribution in [3.8, 4) is 0 Å². The van der Waals surface area contributed by atoms with Crippen LogP contribution < -0.4 is 4.72 Å². The molecule has 1 N–H and O–H groups in total. The lowest BCUT2D eigenvalue weighted by molar-refractivity contribution is 0.0983. The fourth-order valence-corrected chi connectivity index (χ4v) is 6.14. The highest BCUT2D eigenvalue weighted by Gasteiger charge is 2.37. The molecule has 0 aromatic heterocycles. The van der Waals surface area contributed by atoms with Gasteiger partial charge in [-0.3, -0.25) is 4.79 Å². The van der Waals surface area contributed by atoms with Crippen LogP contribution in [-0.2, 0) is 21.2 Å². The van der Waals surface area contributed by atoms with Crippen molar-refractivity contribution in [3.63, 3.8) is 0 Å². The number of rotatable bonds is 3. The van der Waals surface area contributed by atoms with Crippen LogP contribution in [0.5, 0.6) is 0 Å². The minimum atomic E-state index is -3.93. The van der Waals surface area contributed by atoms with E-state index >= 15 is 0 Å². The Labute approximate surface area is 167 Å². The van der Waals surface area contributed by atoms with E-state index in [0.717, 1.165) is 16.3 Å². The summed E-state index contributed by atoms with van der Waals surface area (Å²) in [5.41, 5.74) is 1.81. The number of carbonyl (C=O) groups is 1. The molecule has 1 aliphatic heterocycles. The van der Waals surface area contributed by atoms with Crippen LogP contribution in [0, 0.1) is 6.92 Å². The van der Waals surface area contributed by atoms with Crippen LogP contribution in [0.3, 0.4) is 0 Å². The maximum atomic E-state index is 13.4. The standard InChI is InChI=1S/C21H19NO4S2/c1-12(2)17-10-14(11-19-20(17)21(23)22-28(19,25)26)27(24)18-9-8-13(3)15-6-4-5-7-16(15)18/h4-12H,1-3H3,(H,22,23). The molecule has 1 aliphatic rings. The molecule has 4 rings (SSSR count). The van der Waals surface area contributed by atoms with Crippen molar-refractivity contribution in [2.45, 2.75) is 41.4 Å². The first-order chi connectivity index (χ1) is 13.2. The van der Waals surface area contributed by atoms with Crippen LogP contribution in [0.4, 0.5) is 0 Å². The fourth-order valence-electron chi connectivity index (χ4n) is 3.57. The summed E-state index contributed by atoms with van der Waals surface area (Å²) in [4.78, 5) is 13.1. The van der Waals surface area contributed by atoms with E-state index in [2.05, 4.69) is 0 Å². The fraction of sp³-hybridized carbons (Fsp3) is 0.190. The zero-order chi connectivity index (χ0) is 20.2. The third-order valence-electron chi connectivity index (χ3n) is 4.99. The number of nitrogens with one attached hydrogen (secondary N) is 1. The molecule has 0 fully saturated rings. The summed E-state index contributed by atoms with van der Waals surface area (Å²) in [6.45, 7) is 5.74. The summed E-state index contributed by atoms with van der Waals surface area (Å²) >= 11 is -1.60. The average molecular weight is 414 g/mol. The maximum absolute atomic E-state index is 13.4. The molecule has 0 spiro atoms. The monoisotopic (exact) mass is 413 g/mol. The van der Waals surface area contributed by atoms with E-state index in [9.17, 15) is 17.8 Å². The lowest BCUT2D eigenvalue weighted by Gasteiger charge is -2.16. The van der Waals surface area contributed by atoms with E-state index in [4.69, 9.17) is 0 Å². The summed E-state index contributed by atoms with van der Waals surface area (Å²) < 4.78 is 40.2. The second-order valence-corrected chi connectivity index (χ2v) is 10.3. The zero-order valence-corrected chi connectivity index (χ0v) is 17.3. The average Bonchev–Trinajstić information content (AvgIpc) is 2.89. The summed E-state index contributed by atoms with van der Waals surface area (Å²) in [6.07, 6.45) is 0. The number of amides is 1. The molecule has 1 heterocycles. The Hall–Kier alpha value is -2.35. The van der Waals surface area contributed by atoms with Gasteiger partial charge in [-0.25, -0.2) is 13.1 Å². The number of carbonyl (C=O) groups excluding carboxylic acids is 1. The third-order valence-corrected chi connectivity index (χ3v) is 7.76. The van der Waals surface area contributed by atoms with Gasteiger partial charge >= 0.3 is 0 Å². The second-order valence-electron chi connectivity index (χ2n) is 7.17. The summed E-state index contributed by atoms with van der Waals surface area (Å²) in [7, 11) is -3.93. The van der Waals surface area contributed by atoms with Crippen molar-refractivity contribution in [2.75, 3.05) is 0 Å². The van der Waals surface area contributed by atoms with Crippen molar-refractivity contribution in [3.05, 3.63) is 65.2 Å². The molecule has 0 saturated heterocycles. The van der Waals surface area contributed by atoms with Crippen LogP contribution in [0.1, 0.15) is 41.3 Å². The lowest BCUT2D eigenvalue weighted by atomic mass is 9.97. The van der Waals surface area contributed by atoms with Gasteiger partial charge < -0.3 is 4.55 Å². The van der Waals surface area contributed by atoms with E-state index < -0.39 is 27.1 Å². The van der Waals surface area contributed by atoms with Gasteiger partial charge in [-0.15, -0.1) is 0 Å². The Kier molecular flexibility index (Phi) is 4.49. The highest BCUT2D eigenvalue weighted by molar-refractivity contribution is 7.92. The van der Waals surface area contributed by atoms with E-state index in [-0.39, 0.29) is 16.4 Å². The maximum Gasteiger partial charge on any atom is 0.266 e. The SMILES string of the molecule is Cc1ccc([S+]([O-])c2cc(C(C)C)c3c(c2)S(=O)(=O)NC3=O)c2ccccc12. The predicted octanol–water partition coefficient (Wildman–Crippen LogP) is 3.87. The van der Waals surface area contributed by atoms with Gasteiger partial charge in [0.1, 0.15) is 4.90 Å². The highest BCUT2D eigenvalue weighted by atomic mass is 32.2. The molecule has 1 unspecified atom stereocenters. The van der Waals surface area contributed by atoms with Crippen molar-refractivity contribution in [1.29, 1.82) is 0 Å². The Morgan fingerprint density at radius 1 is 1.04 bits per heavy atom. The first-order valence-electron chi connectivity index (χ1n) is 8.86. The normalized spacial score (nSPS) is 16.2. The van der Waals surface area contributed by atoms with E-state index in [1.165, 1.54) is 6.07 Å². The summed E-state index contributed by atoms with van der Waals surface area (Å²) in [5, 5.41) is 1.87. The molecular formula is C21H19NO4S2. The molecule has 3 aromatic rings. The van der Waals surface area contributed by atoms with Gasteiger partial charge in [0.05, 0.1) is 5.56 Å². The van der Waals surface area contributed by atoms with Crippen molar-refractivity contribution in [1.82, 2.24) is 4.72 Å². The van der Waals surface area contributed by atoms with E-state index in [1.54, 1.807) is 6.07 Å². The summed E-state index contributed by atoms with van der Waals surface area (Å²) in [6, 6.07) is 14.5. The van der Waals surface area contributed by atoms with E-state index in [1.807, 2.05) is 61.9 Å². The molecule has 0 bridgehead atoms. The van der Waals surface area contributed by atoms with Gasteiger partial charge in [-0.2, -0.15) is 0 Å².